The fourth-order valence-corrected chi connectivity index (χ4v) is 5.33. The number of carbonyl (C=O) groups is 2. The van der Waals surface area contributed by atoms with E-state index in [9.17, 15) is 18.4 Å². The summed E-state index contributed by atoms with van der Waals surface area (Å²) in [6, 6.07) is 18.4. The van der Waals surface area contributed by atoms with Gasteiger partial charge < -0.3 is 10.2 Å². The van der Waals surface area contributed by atoms with E-state index in [4.69, 9.17) is 0 Å². The van der Waals surface area contributed by atoms with Crippen LogP contribution < -0.4 is 5.32 Å². The molecular weight excluding hydrogens is 454 g/mol. The molecule has 176 valence electrons. The molecule has 1 aliphatic heterocycles. The lowest BCUT2D eigenvalue weighted by Crippen LogP contribution is -2.45. The van der Waals surface area contributed by atoms with Gasteiger partial charge in [0, 0.05) is 11.3 Å². The van der Waals surface area contributed by atoms with E-state index in [1.165, 1.54) is 47.0 Å². The number of carbonyl (C=O) groups excluding carboxylic acids is 2. The molecule has 2 unspecified atom stereocenters. The minimum absolute atomic E-state index is 0.0497. The maximum atomic E-state index is 14.1. The quantitative estimate of drug-likeness (QED) is 0.487. The van der Waals surface area contributed by atoms with Crippen molar-refractivity contribution in [2.45, 2.75) is 37.6 Å². The average Bonchev–Trinajstić information content (AvgIpc) is 3.25. The molecule has 3 aromatic rings. The minimum Gasteiger partial charge on any atom is -0.322 e. The maximum Gasteiger partial charge on any atom is 0.255 e. The van der Waals surface area contributed by atoms with Crippen molar-refractivity contribution in [2.75, 3.05) is 11.1 Å². The normalized spacial score (nSPS) is 18.1. The van der Waals surface area contributed by atoms with Crippen LogP contribution in [0.15, 0.2) is 72.8 Å². The number of amides is 2. The van der Waals surface area contributed by atoms with Crippen LogP contribution in [-0.4, -0.2) is 28.5 Å². The number of nitrogens with one attached hydrogen (secondary N) is 1. The largest absolute Gasteiger partial charge is 0.322 e. The van der Waals surface area contributed by atoms with Gasteiger partial charge in [0.2, 0.25) is 5.91 Å². The number of nitrogens with zero attached hydrogens (tertiary/aromatic N) is 1. The lowest BCUT2D eigenvalue weighted by Gasteiger charge is -2.29. The van der Waals surface area contributed by atoms with Gasteiger partial charge in [-0.05, 0) is 52.9 Å². The monoisotopic (exact) mass is 480 g/mol. The van der Waals surface area contributed by atoms with E-state index in [1.54, 1.807) is 30.3 Å². The van der Waals surface area contributed by atoms with Crippen LogP contribution in [0.3, 0.4) is 0 Å². The molecule has 0 radical (unpaired) electrons. The predicted octanol–water partition coefficient (Wildman–Crippen LogP) is 6.16. The van der Waals surface area contributed by atoms with Crippen LogP contribution in [0.1, 0.15) is 47.6 Å². The molecule has 0 saturated carbocycles. The molecule has 0 aromatic heterocycles. The average molecular weight is 481 g/mol. The summed E-state index contributed by atoms with van der Waals surface area (Å²) in [4.78, 5) is 28.3. The number of halogens is 2. The van der Waals surface area contributed by atoms with Crippen LogP contribution in [0.2, 0.25) is 0 Å². The molecule has 2 amide bonds. The second kappa shape index (κ2) is 9.58. The zero-order valence-electron chi connectivity index (χ0n) is 19.2. The fraction of sp³-hybridized carbons (Fsp3) is 0.259. The number of para-hydroxylation sites is 1. The molecule has 2 atom stereocenters. The Bertz CT molecular complexity index is 1210. The molecular formula is C27H26F2N2O2S. The maximum absolute atomic E-state index is 14.1. The van der Waals surface area contributed by atoms with Crippen LogP contribution in [-0.2, 0) is 10.2 Å². The first-order valence-corrected chi connectivity index (χ1v) is 12.1. The molecule has 3 aromatic carbocycles. The Hall–Kier alpha value is -3.19. The van der Waals surface area contributed by atoms with Crippen molar-refractivity contribution in [1.29, 1.82) is 0 Å². The molecule has 1 saturated heterocycles. The van der Waals surface area contributed by atoms with Gasteiger partial charge in [-0.25, -0.2) is 8.78 Å². The highest BCUT2D eigenvalue weighted by Crippen LogP contribution is 2.43. The highest BCUT2D eigenvalue weighted by molar-refractivity contribution is 7.99. The highest BCUT2D eigenvalue weighted by Gasteiger charge is 2.43. The van der Waals surface area contributed by atoms with Crippen molar-refractivity contribution in [3.63, 3.8) is 0 Å². The van der Waals surface area contributed by atoms with Crippen LogP contribution in [0, 0.1) is 11.6 Å². The molecule has 7 heteroatoms. The summed E-state index contributed by atoms with van der Waals surface area (Å²) in [5.74, 6) is -1.50. The second-order valence-corrected chi connectivity index (χ2v) is 10.4. The van der Waals surface area contributed by atoms with Crippen LogP contribution >= 0.6 is 11.8 Å². The number of benzene rings is 3. The highest BCUT2D eigenvalue weighted by atomic mass is 32.2. The van der Waals surface area contributed by atoms with Gasteiger partial charge in [0.15, 0.2) is 0 Å². The summed E-state index contributed by atoms with van der Waals surface area (Å²) in [5.41, 5.74) is 2.08. The van der Waals surface area contributed by atoms with Gasteiger partial charge >= 0.3 is 0 Å². The fourth-order valence-electron chi connectivity index (χ4n) is 3.91. The van der Waals surface area contributed by atoms with E-state index in [0.717, 1.165) is 5.56 Å². The van der Waals surface area contributed by atoms with Gasteiger partial charge in [0.25, 0.3) is 5.91 Å². The topological polar surface area (TPSA) is 49.4 Å². The minimum atomic E-state index is -0.854. The SMILES string of the molecule is CC(C)(C)c1ccc(C(=O)N2C(C(=O)Nc3ccccc3F)CSC2c2cccc(F)c2)cc1. The number of anilines is 1. The Kier molecular flexibility index (Phi) is 6.75. The van der Waals surface area contributed by atoms with Gasteiger partial charge in [-0.1, -0.05) is 57.2 Å². The van der Waals surface area contributed by atoms with Gasteiger partial charge in [0.05, 0.1) is 5.69 Å². The Labute approximate surface area is 202 Å². The smallest absolute Gasteiger partial charge is 0.255 e. The summed E-state index contributed by atoms with van der Waals surface area (Å²) < 4.78 is 28.1. The van der Waals surface area contributed by atoms with Crippen LogP contribution in [0.4, 0.5) is 14.5 Å². The molecule has 1 fully saturated rings. The van der Waals surface area contributed by atoms with E-state index in [0.29, 0.717) is 16.9 Å². The third kappa shape index (κ3) is 4.99. The summed E-state index contributed by atoms with van der Waals surface area (Å²) in [6.45, 7) is 6.26. The predicted molar refractivity (Wildman–Crippen MR) is 132 cm³/mol. The van der Waals surface area contributed by atoms with E-state index in [1.807, 2.05) is 12.1 Å². The van der Waals surface area contributed by atoms with Crippen molar-refractivity contribution in [3.8, 4) is 0 Å². The van der Waals surface area contributed by atoms with E-state index >= 15 is 0 Å². The molecule has 1 aliphatic rings. The summed E-state index contributed by atoms with van der Waals surface area (Å²) in [5, 5.41) is 2.05. The van der Waals surface area contributed by atoms with Crippen LogP contribution in [0.5, 0.6) is 0 Å². The molecule has 34 heavy (non-hydrogen) atoms. The number of rotatable bonds is 4. The van der Waals surface area contributed by atoms with Crippen molar-refractivity contribution < 1.29 is 18.4 Å². The van der Waals surface area contributed by atoms with Crippen molar-refractivity contribution >= 4 is 29.3 Å². The molecule has 0 bridgehead atoms. The molecule has 4 nitrogen and oxygen atoms in total. The number of thioether (sulfide) groups is 1. The third-order valence-electron chi connectivity index (χ3n) is 5.80. The zero-order chi connectivity index (χ0) is 24.5. The van der Waals surface area contributed by atoms with Gasteiger partial charge in [-0.3, -0.25) is 9.59 Å². The standard InChI is InChI=1S/C27H26F2N2O2S/c1-27(2,3)19-13-11-17(12-14-19)25(33)31-23(24(32)30-22-10-5-4-9-21(22)29)16-34-26(31)18-7-6-8-20(28)15-18/h4-15,23,26H,16H2,1-3H3,(H,30,32). The van der Waals surface area contributed by atoms with Crippen molar-refractivity contribution in [3.05, 3.63) is 101 Å². The molecule has 1 heterocycles. The van der Waals surface area contributed by atoms with Crippen molar-refractivity contribution in [1.82, 2.24) is 4.90 Å². The molecule has 0 aliphatic carbocycles. The lowest BCUT2D eigenvalue weighted by atomic mass is 9.86. The first-order valence-electron chi connectivity index (χ1n) is 11.0. The Morgan fingerprint density at radius 3 is 2.32 bits per heavy atom. The van der Waals surface area contributed by atoms with E-state index < -0.39 is 29.0 Å². The summed E-state index contributed by atoms with van der Waals surface area (Å²) in [7, 11) is 0. The number of hydrogen-bond donors (Lipinski definition) is 1. The van der Waals surface area contributed by atoms with Gasteiger partial charge in [0.1, 0.15) is 23.1 Å². The van der Waals surface area contributed by atoms with E-state index in [-0.39, 0.29) is 17.0 Å². The van der Waals surface area contributed by atoms with E-state index in [2.05, 4.69) is 26.1 Å². The third-order valence-corrected chi connectivity index (χ3v) is 7.12. The van der Waals surface area contributed by atoms with Gasteiger partial charge in [-0.15, -0.1) is 11.8 Å². The first-order chi connectivity index (χ1) is 16.1. The Morgan fingerprint density at radius 2 is 1.68 bits per heavy atom. The van der Waals surface area contributed by atoms with Gasteiger partial charge in [-0.2, -0.15) is 0 Å². The lowest BCUT2D eigenvalue weighted by molar-refractivity contribution is -0.119. The van der Waals surface area contributed by atoms with Crippen molar-refractivity contribution in [2.24, 2.45) is 0 Å². The second-order valence-electron chi connectivity index (χ2n) is 9.27. The Balaban J connectivity index is 1.68. The first kappa shape index (κ1) is 24.0. The summed E-state index contributed by atoms with van der Waals surface area (Å²) in [6.07, 6.45) is 0. The molecule has 0 spiro atoms. The van der Waals surface area contributed by atoms with Crippen LogP contribution in [0.25, 0.3) is 0 Å². The molecule has 4 rings (SSSR count). The zero-order valence-corrected chi connectivity index (χ0v) is 20.0. The number of hydrogen-bond acceptors (Lipinski definition) is 3. The Morgan fingerprint density at radius 1 is 0.971 bits per heavy atom. The summed E-state index contributed by atoms with van der Waals surface area (Å²) >= 11 is 1.38. The molecule has 1 N–H and O–H groups in total.